The maximum atomic E-state index is 6.09. The van der Waals surface area contributed by atoms with Crippen molar-refractivity contribution in [1.82, 2.24) is 10.3 Å². The first-order valence-electron chi connectivity index (χ1n) is 6.84. The fourth-order valence-electron chi connectivity index (χ4n) is 1.50. The van der Waals surface area contributed by atoms with Crippen LogP contribution in [0.15, 0.2) is 12.1 Å². The standard InChI is InChI=1S/C14H23ClN2O2/c1-3-7-16-11-13-12(15)5-6-14(17-13)19-10-9-18-8-4-2/h5-6,16H,3-4,7-11H2,1-2H3. The van der Waals surface area contributed by atoms with E-state index in [4.69, 9.17) is 21.1 Å². The maximum Gasteiger partial charge on any atom is 0.213 e. The average molecular weight is 287 g/mol. The molecule has 0 amide bonds. The van der Waals surface area contributed by atoms with Crippen molar-refractivity contribution in [3.63, 3.8) is 0 Å². The van der Waals surface area contributed by atoms with E-state index in [1.54, 1.807) is 6.07 Å². The second-order valence-corrected chi connectivity index (χ2v) is 4.62. The molecule has 0 bridgehead atoms. The summed E-state index contributed by atoms with van der Waals surface area (Å²) in [5.41, 5.74) is 0.821. The molecule has 0 saturated heterocycles. The van der Waals surface area contributed by atoms with Gasteiger partial charge in [0, 0.05) is 19.2 Å². The molecule has 0 aliphatic carbocycles. The number of halogens is 1. The molecule has 5 heteroatoms. The van der Waals surface area contributed by atoms with Crippen LogP contribution in [0.4, 0.5) is 0 Å². The van der Waals surface area contributed by atoms with Gasteiger partial charge in [-0.05, 0) is 25.5 Å². The van der Waals surface area contributed by atoms with Crippen LogP contribution < -0.4 is 10.1 Å². The van der Waals surface area contributed by atoms with E-state index in [9.17, 15) is 0 Å². The van der Waals surface area contributed by atoms with Crippen molar-refractivity contribution in [2.24, 2.45) is 0 Å². The Morgan fingerprint density at radius 2 is 2.00 bits per heavy atom. The molecular formula is C14H23ClN2O2. The van der Waals surface area contributed by atoms with Gasteiger partial charge in [0.05, 0.1) is 17.3 Å². The van der Waals surface area contributed by atoms with Crippen LogP contribution in [-0.4, -0.2) is 31.3 Å². The number of hydrogen-bond donors (Lipinski definition) is 1. The Hall–Kier alpha value is -0.840. The van der Waals surface area contributed by atoms with Gasteiger partial charge in [0.2, 0.25) is 5.88 Å². The smallest absolute Gasteiger partial charge is 0.213 e. The molecule has 0 fully saturated rings. The van der Waals surface area contributed by atoms with Gasteiger partial charge in [0.15, 0.2) is 0 Å². The highest BCUT2D eigenvalue weighted by Gasteiger charge is 2.04. The zero-order valence-electron chi connectivity index (χ0n) is 11.7. The van der Waals surface area contributed by atoms with Crippen molar-refractivity contribution in [3.8, 4) is 5.88 Å². The van der Waals surface area contributed by atoms with Crippen LogP contribution in [0.25, 0.3) is 0 Å². The summed E-state index contributed by atoms with van der Waals surface area (Å²) < 4.78 is 10.9. The molecule has 0 aliphatic heterocycles. The second-order valence-electron chi connectivity index (χ2n) is 4.22. The molecule has 1 aromatic heterocycles. The van der Waals surface area contributed by atoms with Crippen molar-refractivity contribution < 1.29 is 9.47 Å². The van der Waals surface area contributed by atoms with Crippen LogP contribution in [-0.2, 0) is 11.3 Å². The maximum absolute atomic E-state index is 6.09. The van der Waals surface area contributed by atoms with E-state index in [-0.39, 0.29) is 0 Å². The Bertz CT molecular complexity index is 361. The molecule has 1 N–H and O–H groups in total. The monoisotopic (exact) mass is 286 g/mol. The number of rotatable bonds is 10. The Balaban J connectivity index is 2.39. The lowest BCUT2D eigenvalue weighted by Gasteiger charge is -2.09. The lowest BCUT2D eigenvalue weighted by atomic mass is 10.3. The predicted octanol–water partition coefficient (Wildman–Crippen LogP) is 3.04. The molecule has 0 saturated carbocycles. The third kappa shape index (κ3) is 6.76. The largest absolute Gasteiger partial charge is 0.475 e. The number of pyridine rings is 1. The molecule has 0 aliphatic rings. The Kier molecular flexibility index (Phi) is 8.54. The fourth-order valence-corrected chi connectivity index (χ4v) is 1.68. The molecule has 0 unspecified atom stereocenters. The normalized spacial score (nSPS) is 10.7. The highest BCUT2D eigenvalue weighted by atomic mass is 35.5. The quantitative estimate of drug-likeness (QED) is 0.672. The fraction of sp³-hybridized carbons (Fsp3) is 0.643. The summed E-state index contributed by atoms with van der Waals surface area (Å²) in [7, 11) is 0. The Morgan fingerprint density at radius 3 is 2.74 bits per heavy atom. The molecule has 1 rings (SSSR count). The van der Waals surface area contributed by atoms with E-state index >= 15 is 0 Å². The molecule has 4 nitrogen and oxygen atoms in total. The van der Waals surface area contributed by atoms with Gasteiger partial charge in [0.25, 0.3) is 0 Å². The molecule has 1 heterocycles. The highest BCUT2D eigenvalue weighted by Crippen LogP contribution is 2.17. The van der Waals surface area contributed by atoms with Gasteiger partial charge in [-0.2, -0.15) is 0 Å². The van der Waals surface area contributed by atoms with E-state index in [0.29, 0.717) is 30.7 Å². The van der Waals surface area contributed by atoms with Crippen molar-refractivity contribution in [2.45, 2.75) is 33.2 Å². The number of nitrogens with one attached hydrogen (secondary N) is 1. The Morgan fingerprint density at radius 1 is 1.16 bits per heavy atom. The van der Waals surface area contributed by atoms with E-state index < -0.39 is 0 Å². The lowest BCUT2D eigenvalue weighted by Crippen LogP contribution is -2.15. The van der Waals surface area contributed by atoms with Gasteiger partial charge >= 0.3 is 0 Å². The summed E-state index contributed by atoms with van der Waals surface area (Å²) in [6.07, 6.45) is 2.11. The first-order chi connectivity index (χ1) is 9.27. The van der Waals surface area contributed by atoms with E-state index in [1.807, 2.05) is 6.07 Å². The van der Waals surface area contributed by atoms with Crippen LogP contribution in [0.1, 0.15) is 32.4 Å². The number of aromatic nitrogens is 1. The first-order valence-corrected chi connectivity index (χ1v) is 7.22. The molecule has 1 aromatic rings. The average Bonchev–Trinajstić information content (AvgIpc) is 2.42. The van der Waals surface area contributed by atoms with E-state index in [0.717, 1.165) is 31.7 Å². The second kappa shape index (κ2) is 10.0. The minimum Gasteiger partial charge on any atom is -0.475 e. The molecule has 19 heavy (non-hydrogen) atoms. The first kappa shape index (κ1) is 16.2. The van der Waals surface area contributed by atoms with Gasteiger partial charge in [-0.25, -0.2) is 4.98 Å². The van der Waals surface area contributed by atoms with Crippen LogP contribution in [0, 0.1) is 0 Å². The van der Waals surface area contributed by atoms with Crippen molar-refractivity contribution in [2.75, 3.05) is 26.4 Å². The number of hydrogen-bond acceptors (Lipinski definition) is 4. The van der Waals surface area contributed by atoms with Crippen LogP contribution >= 0.6 is 11.6 Å². The third-order valence-corrected chi connectivity index (χ3v) is 2.78. The number of nitrogens with zero attached hydrogens (tertiary/aromatic N) is 1. The predicted molar refractivity (Wildman–Crippen MR) is 77.8 cm³/mol. The molecule has 0 radical (unpaired) electrons. The third-order valence-electron chi connectivity index (χ3n) is 2.44. The molecule has 0 aromatic carbocycles. The van der Waals surface area contributed by atoms with E-state index in [2.05, 4.69) is 24.1 Å². The molecule has 0 atom stereocenters. The summed E-state index contributed by atoms with van der Waals surface area (Å²) in [6, 6.07) is 3.60. The molecule has 0 spiro atoms. The number of ether oxygens (including phenoxy) is 2. The summed E-state index contributed by atoms with van der Waals surface area (Å²) in [6.45, 7) is 7.68. The van der Waals surface area contributed by atoms with Crippen LogP contribution in [0.3, 0.4) is 0 Å². The van der Waals surface area contributed by atoms with Gasteiger partial charge < -0.3 is 14.8 Å². The lowest BCUT2D eigenvalue weighted by molar-refractivity contribution is 0.0989. The molecule has 108 valence electrons. The zero-order valence-corrected chi connectivity index (χ0v) is 12.5. The van der Waals surface area contributed by atoms with Gasteiger partial charge in [0.1, 0.15) is 6.61 Å². The van der Waals surface area contributed by atoms with Crippen LogP contribution in [0.5, 0.6) is 5.88 Å². The summed E-state index contributed by atoms with van der Waals surface area (Å²) >= 11 is 6.09. The van der Waals surface area contributed by atoms with Crippen LogP contribution in [0.2, 0.25) is 5.02 Å². The van der Waals surface area contributed by atoms with Gasteiger partial charge in [-0.3, -0.25) is 0 Å². The SMILES string of the molecule is CCCNCc1nc(OCCOCCC)ccc1Cl. The topological polar surface area (TPSA) is 43.4 Å². The minimum atomic E-state index is 0.510. The van der Waals surface area contributed by atoms with Gasteiger partial charge in [-0.1, -0.05) is 25.4 Å². The van der Waals surface area contributed by atoms with Gasteiger partial charge in [-0.15, -0.1) is 0 Å². The zero-order chi connectivity index (χ0) is 13.9. The van der Waals surface area contributed by atoms with Crippen molar-refractivity contribution in [1.29, 1.82) is 0 Å². The van der Waals surface area contributed by atoms with Crippen molar-refractivity contribution >= 4 is 11.6 Å². The highest BCUT2D eigenvalue weighted by molar-refractivity contribution is 6.31. The Labute approximate surface area is 120 Å². The van der Waals surface area contributed by atoms with E-state index in [1.165, 1.54) is 0 Å². The molecular weight excluding hydrogens is 264 g/mol. The summed E-state index contributed by atoms with van der Waals surface area (Å²) in [4.78, 5) is 4.39. The summed E-state index contributed by atoms with van der Waals surface area (Å²) in [5.74, 6) is 0.595. The summed E-state index contributed by atoms with van der Waals surface area (Å²) in [5, 5.41) is 3.94. The van der Waals surface area contributed by atoms with Crippen molar-refractivity contribution in [3.05, 3.63) is 22.8 Å². The minimum absolute atomic E-state index is 0.510.